The van der Waals surface area contributed by atoms with Gasteiger partial charge in [-0.15, -0.1) is 0 Å². The summed E-state index contributed by atoms with van der Waals surface area (Å²) in [4.78, 5) is 1.00. The Hall–Kier alpha value is -0.670. The van der Waals surface area contributed by atoms with E-state index in [4.69, 9.17) is 0 Å². The molecule has 0 bridgehead atoms. The minimum absolute atomic E-state index is 0.435. The molecule has 1 aromatic carbocycles. The summed E-state index contributed by atoms with van der Waals surface area (Å²) < 4.78 is 12.3. The van der Waals surface area contributed by atoms with Crippen molar-refractivity contribution in [3.05, 3.63) is 29.3 Å². The summed E-state index contributed by atoms with van der Waals surface area (Å²) in [6, 6.07) is 6.62. The van der Waals surface area contributed by atoms with Crippen LogP contribution < -0.4 is 5.32 Å². The van der Waals surface area contributed by atoms with Gasteiger partial charge in [0.25, 0.3) is 0 Å². The Kier molecular flexibility index (Phi) is 4.35. The first-order valence-electron chi connectivity index (χ1n) is 6.36. The van der Waals surface area contributed by atoms with E-state index in [0.29, 0.717) is 6.04 Å². The quantitative estimate of drug-likeness (QED) is 0.894. The Balaban J connectivity index is 2.03. The van der Waals surface area contributed by atoms with Crippen LogP contribution in [0.1, 0.15) is 30.4 Å². The first kappa shape index (κ1) is 12.8. The zero-order chi connectivity index (χ0) is 12.3. The highest BCUT2D eigenvalue weighted by Gasteiger charge is 2.17. The fourth-order valence-electron chi connectivity index (χ4n) is 2.39. The first-order chi connectivity index (χ1) is 8.16. The molecule has 94 valence electrons. The molecule has 17 heavy (non-hydrogen) atoms. The maximum atomic E-state index is 12.3. The van der Waals surface area contributed by atoms with Gasteiger partial charge < -0.3 is 5.32 Å². The summed E-state index contributed by atoms with van der Waals surface area (Å²) in [5.41, 5.74) is 2.39. The highest BCUT2D eigenvalue weighted by atomic mass is 32.2. The van der Waals surface area contributed by atoms with E-state index < -0.39 is 10.8 Å². The molecule has 0 amide bonds. The van der Waals surface area contributed by atoms with E-state index in [1.165, 1.54) is 18.4 Å². The molecule has 1 saturated heterocycles. The standard InChI is InChI=1S/C14H21NOS/c1-11-6-7-14(12(2)9-11)17(16)10-13-5-3-4-8-15-13/h6-7,9,13,15H,3-5,8,10H2,1-2H3. The maximum absolute atomic E-state index is 12.3. The van der Waals surface area contributed by atoms with Gasteiger partial charge in [-0.3, -0.25) is 4.21 Å². The van der Waals surface area contributed by atoms with Gasteiger partial charge in [-0.05, 0) is 44.9 Å². The van der Waals surface area contributed by atoms with Gasteiger partial charge in [0.05, 0.1) is 10.8 Å². The van der Waals surface area contributed by atoms with Crippen LogP contribution in [0, 0.1) is 13.8 Å². The molecular formula is C14H21NOS. The number of rotatable bonds is 3. The minimum Gasteiger partial charge on any atom is -0.313 e. The lowest BCUT2D eigenvalue weighted by atomic mass is 10.1. The number of piperidine rings is 1. The highest BCUT2D eigenvalue weighted by Crippen LogP contribution is 2.17. The lowest BCUT2D eigenvalue weighted by Gasteiger charge is -2.23. The number of aryl methyl sites for hydroxylation is 2. The molecule has 0 saturated carbocycles. The second kappa shape index (κ2) is 5.78. The molecule has 1 aliphatic rings. The summed E-state index contributed by atoms with van der Waals surface area (Å²) >= 11 is 0. The van der Waals surface area contributed by atoms with Crippen molar-refractivity contribution in [2.75, 3.05) is 12.3 Å². The second-order valence-electron chi connectivity index (χ2n) is 4.93. The van der Waals surface area contributed by atoms with Crippen molar-refractivity contribution in [2.45, 2.75) is 44.0 Å². The molecule has 2 atom stereocenters. The average Bonchev–Trinajstić information content (AvgIpc) is 2.30. The molecule has 2 rings (SSSR count). The van der Waals surface area contributed by atoms with Gasteiger partial charge in [0, 0.05) is 16.7 Å². The average molecular weight is 251 g/mol. The molecule has 2 unspecified atom stereocenters. The van der Waals surface area contributed by atoms with Crippen molar-refractivity contribution in [2.24, 2.45) is 0 Å². The summed E-state index contributed by atoms with van der Waals surface area (Å²) in [7, 11) is -0.863. The van der Waals surface area contributed by atoms with Crippen molar-refractivity contribution in [1.82, 2.24) is 5.32 Å². The van der Waals surface area contributed by atoms with Crippen LogP contribution in [0.4, 0.5) is 0 Å². The molecule has 1 aliphatic heterocycles. The SMILES string of the molecule is Cc1ccc(S(=O)CC2CCCCN2)c(C)c1. The third kappa shape index (κ3) is 3.39. The topological polar surface area (TPSA) is 29.1 Å². The molecule has 0 aromatic heterocycles. The van der Waals surface area contributed by atoms with Crippen LogP contribution in [0.5, 0.6) is 0 Å². The number of hydrogen-bond donors (Lipinski definition) is 1. The normalized spacial score (nSPS) is 22.4. The molecule has 1 aromatic rings. The van der Waals surface area contributed by atoms with E-state index in [1.807, 2.05) is 6.07 Å². The Morgan fingerprint density at radius 1 is 1.35 bits per heavy atom. The van der Waals surface area contributed by atoms with Crippen LogP contribution in [-0.4, -0.2) is 22.5 Å². The van der Waals surface area contributed by atoms with Gasteiger partial charge in [0.2, 0.25) is 0 Å². The summed E-state index contributed by atoms with van der Waals surface area (Å²) in [5, 5.41) is 3.46. The van der Waals surface area contributed by atoms with E-state index >= 15 is 0 Å². The summed E-state index contributed by atoms with van der Waals surface area (Å²) in [6.45, 7) is 5.20. The second-order valence-corrected chi connectivity index (χ2v) is 6.39. The van der Waals surface area contributed by atoms with E-state index in [9.17, 15) is 4.21 Å². The van der Waals surface area contributed by atoms with E-state index in [-0.39, 0.29) is 0 Å². The van der Waals surface area contributed by atoms with Crippen LogP contribution in [0.15, 0.2) is 23.1 Å². The monoisotopic (exact) mass is 251 g/mol. The predicted molar refractivity (Wildman–Crippen MR) is 72.8 cm³/mol. The van der Waals surface area contributed by atoms with Gasteiger partial charge in [-0.1, -0.05) is 24.1 Å². The van der Waals surface area contributed by atoms with Crippen molar-refractivity contribution in [3.8, 4) is 0 Å². The largest absolute Gasteiger partial charge is 0.313 e. The van der Waals surface area contributed by atoms with Crippen LogP contribution in [0.25, 0.3) is 0 Å². The predicted octanol–water partition coefficient (Wildman–Crippen LogP) is 2.55. The van der Waals surface area contributed by atoms with Crippen molar-refractivity contribution >= 4 is 10.8 Å². The molecule has 0 spiro atoms. The van der Waals surface area contributed by atoms with E-state index in [0.717, 1.165) is 29.2 Å². The van der Waals surface area contributed by atoms with Crippen molar-refractivity contribution < 1.29 is 4.21 Å². The molecule has 1 N–H and O–H groups in total. The lowest BCUT2D eigenvalue weighted by Crippen LogP contribution is -2.38. The fourth-order valence-corrected chi connectivity index (χ4v) is 3.86. The Bertz CT molecular complexity index is 411. The Labute approximate surface area is 106 Å². The van der Waals surface area contributed by atoms with Gasteiger partial charge in [0.1, 0.15) is 0 Å². The van der Waals surface area contributed by atoms with Gasteiger partial charge in [-0.25, -0.2) is 0 Å². The van der Waals surface area contributed by atoms with Crippen molar-refractivity contribution in [3.63, 3.8) is 0 Å². The number of benzene rings is 1. The summed E-state index contributed by atoms with van der Waals surface area (Å²) in [6.07, 6.45) is 3.69. The van der Waals surface area contributed by atoms with Gasteiger partial charge in [-0.2, -0.15) is 0 Å². The zero-order valence-corrected chi connectivity index (χ0v) is 11.5. The molecule has 3 heteroatoms. The minimum atomic E-state index is -0.863. The van der Waals surface area contributed by atoms with Crippen LogP contribution in [-0.2, 0) is 10.8 Å². The summed E-state index contributed by atoms with van der Waals surface area (Å²) in [5.74, 6) is 0.754. The van der Waals surface area contributed by atoms with E-state index in [1.54, 1.807) is 0 Å². The lowest BCUT2D eigenvalue weighted by molar-refractivity contribution is 0.427. The maximum Gasteiger partial charge on any atom is 0.0547 e. The molecular weight excluding hydrogens is 230 g/mol. The smallest absolute Gasteiger partial charge is 0.0547 e. The highest BCUT2D eigenvalue weighted by molar-refractivity contribution is 7.85. The van der Waals surface area contributed by atoms with Crippen LogP contribution >= 0.6 is 0 Å². The third-order valence-electron chi connectivity index (χ3n) is 3.34. The zero-order valence-electron chi connectivity index (χ0n) is 10.7. The first-order valence-corrected chi connectivity index (χ1v) is 7.68. The fraction of sp³-hybridized carbons (Fsp3) is 0.571. The number of nitrogens with one attached hydrogen (secondary N) is 1. The van der Waals surface area contributed by atoms with Crippen LogP contribution in [0.3, 0.4) is 0 Å². The third-order valence-corrected chi connectivity index (χ3v) is 4.99. The van der Waals surface area contributed by atoms with E-state index in [2.05, 4.69) is 31.3 Å². The molecule has 0 radical (unpaired) electrons. The number of hydrogen-bond acceptors (Lipinski definition) is 2. The Morgan fingerprint density at radius 2 is 2.18 bits per heavy atom. The van der Waals surface area contributed by atoms with Gasteiger partial charge >= 0.3 is 0 Å². The molecule has 1 fully saturated rings. The van der Waals surface area contributed by atoms with Crippen molar-refractivity contribution in [1.29, 1.82) is 0 Å². The molecule has 0 aliphatic carbocycles. The van der Waals surface area contributed by atoms with Crippen LogP contribution in [0.2, 0.25) is 0 Å². The Morgan fingerprint density at radius 3 is 2.82 bits per heavy atom. The van der Waals surface area contributed by atoms with Gasteiger partial charge in [0.15, 0.2) is 0 Å². The molecule has 1 heterocycles. The molecule has 2 nitrogen and oxygen atoms in total.